The van der Waals surface area contributed by atoms with Gasteiger partial charge in [-0.2, -0.15) is 0 Å². The van der Waals surface area contributed by atoms with E-state index in [1.807, 2.05) is 0 Å². The third kappa shape index (κ3) is 4.52. The quantitative estimate of drug-likeness (QED) is 0.898. The minimum atomic E-state index is 0.328. The molecule has 2 rings (SSSR count). The van der Waals surface area contributed by atoms with E-state index in [1.54, 1.807) is 7.11 Å². The van der Waals surface area contributed by atoms with Crippen LogP contribution in [0.2, 0.25) is 0 Å². The summed E-state index contributed by atoms with van der Waals surface area (Å²) in [6.07, 6.45) is 6.15. The Morgan fingerprint density at radius 1 is 1.25 bits per heavy atom. The van der Waals surface area contributed by atoms with Crippen molar-refractivity contribution in [3.05, 3.63) is 29.3 Å². The van der Waals surface area contributed by atoms with Gasteiger partial charge in [-0.1, -0.05) is 39.3 Å². The maximum atomic E-state index is 5.54. The average Bonchev–Trinajstić information content (AvgIpc) is 2.38. The topological polar surface area (TPSA) is 21.3 Å². The van der Waals surface area contributed by atoms with Crippen molar-refractivity contribution in [1.29, 1.82) is 0 Å². The maximum Gasteiger partial charge on any atom is 0.122 e. The summed E-state index contributed by atoms with van der Waals surface area (Å²) in [4.78, 5) is 0. The number of piperidine rings is 1. The second kappa shape index (κ2) is 6.62. The van der Waals surface area contributed by atoms with Gasteiger partial charge in [0.05, 0.1) is 7.11 Å². The van der Waals surface area contributed by atoms with E-state index < -0.39 is 0 Å². The van der Waals surface area contributed by atoms with Crippen molar-refractivity contribution in [3.63, 3.8) is 0 Å². The molecule has 112 valence electrons. The van der Waals surface area contributed by atoms with Gasteiger partial charge < -0.3 is 10.1 Å². The lowest BCUT2D eigenvalue weighted by molar-refractivity contribution is 0.380. The summed E-state index contributed by atoms with van der Waals surface area (Å²) in [7, 11) is 1.77. The van der Waals surface area contributed by atoms with Gasteiger partial charge in [0.15, 0.2) is 0 Å². The van der Waals surface area contributed by atoms with Crippen LogP contribution in [0.4, 0.5) is 0 Å². The third-order valence-electron chi connectivity index (χ3n) is 3.96. The monoisotopic (exact) mass is 275 g/mol. The van der Waals surface area contributed by atoms with Crippen LogP contribution in [0.1, 0.15) is 51.2 Å². The minimum Gasteiger partial charge on any atom is -0.496 e. The van der Waals surface area contributed by atoms with Crippen LogP contribution in [0.3, 0.4) is 0 Å². The SMILES string of the molecule is COc1ccc(CC(C)(C)C)cc1CC1CCCCN1. The maximum absolute atomic E-state index is 5.54. The van der Waals surface area contributed by atoms with Crippen LogP contribution in [0.15, 0.2) is 18.2 Å². The Hall–Kier alpha value is -1.02. The number of methoxy groups -OCH3 is 1. The van der Waals surface area contributed by atoms with Gasteiger partial charge in [-0.15, -0.1) is 0 Å². The number of ether oxygens (including phenoxy) is 1. The van der Waals surface area contributed by atoms with Gasteiger partial charge in [-0.3, -0.25) is 0 Å². The van der Waals surface area contributed by atoms with Gasteiger partial charge in [-0.05, 0) is 54.8 Å². The third-order valence-corrected chi connectivity index (χ3v) is 3.96. The van der Waals surface area contributed by atoms with E-state index in [9.17, 15) is 0 Å². The first kappa shape index (κ1) is 15.4. The van der Waals surface area contributed by atoms with Gasteiger partial charge in [0, 0.05) is 6.04 Å². The molecule has 1 unspecified atom stereocenters. The van der Waals surface area contributed by atoms with E-state index in [2.05, 4.69) is 44.3 Å². The molecule has 1 heterocycles. The molecular formula is C18H29NO. The van der Waals surface area contributed by atoms with E-state index in [1.165, 1.54) is 30.4 Å². The first-order valence-corrected chi connectivity index (χ1v) is 7.87. The molecular weight excluding hydrogens is 246 g/mol. The number of hydrogen-bond donors (Lipinski definition) is 1. The van der Waals surface area contributed by atoms with Crippen LogP contribution in [-0.4, -0.2) is 19.7 Å². The Kier molecular flexibility index (Phi) is 5.09. The number of benzene rings is 1. The van der Waals surface area contributed by atoms with Gasteiger partial charge in [0.1, 0.15) is 5.75 Å². The Morgan fingerprint density at radius 2 is 2.05 bits per heavy atom. The highest BCUT2D eigenvalue weighted by Gasteiger charge is 2.17. The Bertz CT molecular complexity index is 428. The molecule has 0 aliphatic carbocycles. The van der Waals surface area contributed by atoms with E-state index in [-0.39, 0.29) is 0 Å². The zero-order valence-corrected chi connectivity index (χ0v) is 13.5. The zero-order chi connectivity index (χ0) is 14.6. The molecule has 2 heteroatoms. The van der Waals surface area contributed by atoms with Crippen molar-refractivity contribution in [2.45, 2.75) is 58.9 Å². The molecule has 0 radical (unpaired) electrons. The molecule has 0 spiro atoms. The fourth-order valence-electron chi connectivity index (χ4n) is 3.08. The van der Waals surface area contributed by atoms with E-state index in [0.29, 0.717) is 11.5 Å². The fourth-order valence-corrected chi connectivity index (χ4v) is 3.08. The molecule has 1 aliphatic heterocycles. The summed E-state index contributed by atoms with van der Waals surface area (Å²) >= 11 is 0. The fraction of sp³-hybridized carbons (Fsp3) is 0.667. The van der Waals surface area contributed by atoms with E-state index in [4.69, 9.17) is 4.74 Å². The van der Waals surface area contributed by atoms with Crippen molar-refractivity contribution < 1.29 is 4.74 Å². The lowest BCUT2D eigenvalue weighted by Crippen LogP contribution is -2.35. The Morgan fingerprint density at radius 3 is 2.65 bits per heavy atom. The largest absolute Gasteiger partial charge is 0.496 e. The molecule has 0 aromatic heterocycles. The smallest absolute Gasteiger partial charge is 0.122 e. The van der Waals surface area contributed by atoms with Crippen molar-refractivity contribution in [1.82, 2.24) is 5.32 Å². The van der Waals surface area contributed by atoms with Crippen LogP contribution < -0.4 is 10.1 Å². The molecule has 0 bridgehead atoms. The molecule has 1 aromatic rings. The molecule has 0 saturated carbocycles. The van der Waals surface area contributed by atoms with E-state index >= 15 is 0 Å². The number of rotatable bonds is 4. The molecule has 0 amide bonds. The summed E-state index contributed by atoms with van der Waals surface area (Å²) in [6.45, 7) is 8.04. The van der Waals surface area contributed by atoms with Crippen molar-refractivity contribution in [2.75, 3.05) is 13.7 Å². The van der Waals surface area contributed by atoms with Crippen LogP contribution in [0.25, 0.3) is 0 Å². The molecule has 1 atom stereocenters. The molecule has 1 aliphatic rings. The van der Waals surface area contributed by atoms with Crippen molar-refractivity contribution in [2.24, 2.45) is 5.41 Å². The zero-order valence-electron chi connectivity index (χ0n) is 13.5. The van der Waals surface area contributed by atoms with Gasteiger partial charge in [0.25, 0.3) is 0 Å². The van der Waals surface area contributed by atoms with Crippen LogP contribution >= 0.6 is 0 Å². The first-order valence-electron chi connectivity index (χ1n) is 7.87. The standard InChI is InChI=1S/C18H29NO/c1-18(2,3)13-14-8-9-17(20-4)15(11-14)12-16-7-5-6-10-19-16/h8-9,11,16,19H,5-7,10,12-13H2,1-4H3. The van der Waals surface area contributed by atoms with Crippen molar-refractivity contribution in [3.8, 4) is 5.75 Å². The predicted octanol–water partition coefficient (Wildman–Crippen LogP) is 3.97. The lowest BCUT2D eigenvalue weighted by atomic mass is 9.87. The normalized spacial score (nSPS) is 19.9. The van der Waals surface area contributed by atoms with E-state index in [0.717, 1.165) is 25.1 Å². The number of hydrogen-bond acceptors (Lipinski definition) is 2. The minimum absolute atomic E-state index is 0.328. The highest BCUT2D eigenvalue weighted by molar-refractivity contribution is 5.38. The second-order valence-electron chi connectivity index (χ2n) is 7.23. The van der Waals surface area contributed by atoms with Crippen LogP contribution in [0.5, 0.6) is 5.75 Å². The van der Waals surface area contributed by atoms with Gasteiger partial charge >= 0.3 is 0 Å². The van der Waals surface area contributed by atoms with Gasteiger partial charge in [-0.25, -0.2) is 0 Å². The van der Waals surface area contributed by atoms with Crippen LogP contribution in [0, 0.1) is 5.41 Å². The summed E-state index contributed by atoms with van der Waals surface area (Å²) < 4.78 is 5.54. The van der Waals surface area contributed by atoms with Gasteiger partial charge in [0.2, 0.25) is 0 Å². The summed E-state index contributed by atoms with van der Waals surface area (Å²) in [6, 6.07) is 7.31. The first-order chi connectivity index (χ1) is 9.48. The molecule has 1 N–H and O–H groups in total. The van der Waals surface area contributed by atoms with Crippen molar-refractivity contribution >= 4 is 0 Å². The highest BCUT2D eigenvalue weighted by atomic mass is 16.5. The second-order valence-corrected chi connectivity index (χ2v) is 7.23. The molecule has 1 aromatic carbocycles. The Labute approximate surface area is 123 Å². The molecule has 2 nitrogen and oxygen atoms in total. The average molecular weight is 275 g/mol. The Balaban J connectivity index is 2.13. The molecule has 1 saturated heterocycles. The predicted molar refractivity (Wildman–Crippen MR) is 85.5 cm³/mol. The van der Waals surface area contributed by atoms with Crippen LogP contribution in [-0.2, 0) is 12.8 Å². The molecule has 20 heavy (non-hydrogen) atoms. The summed E-state index contributed by atoms with van der Waals surface area (Å²) in [5.74, 6) is 1.04. The molecule has 1 fully saturated rings. The summed E-state index contributed by atoms with van der Waals surface area (Å²) in [5.41, 5.74) is 3.10. The summed E-state index contributed by atoms with van der Waals surface area (Å²) in [5, 5.41) is 3.63. The lowest BCUT2D eigenvalue weighted by Gasteiger charge is -2.25. The highest BCUT2D eigenvalue weighted by Crippen LogP contribution is 2.27. The number of nitrogens with one attached hydrogen (secondary N) is 1.